The van der Waals surface area contributed by atoms with Crippen LogP contribution in [0.5, 0.6) is 0 Å². The molecule has 26 heavy (non-hydrogen) atoms. The average molecular weight is 375 g/mol. The van der Waals surface area contributed by atoms with Crippen molar-refractivity contribution in [3.05, 3.63) is 35.6 Å². The zero-order valence-corrected chi connectivity index (χ0v) is 15.2. The smallest absolute Gasteiger partial charge is 0.408 e. The second-order valence-corrected chi connectivity index (χ2v) is 7.56. The number of aliphatic hydroxyl groups excluding tert-OH is 1. The number of hydrogen-bond donors (Lipinski definition) is 2. The average Bonchev–Trinajstić information content (AvgIpc) is 2.84. The van der Waals surface area contributed by atoms with Gasteiger partial charge in [-0.3, -0.25) is 0 Å². The van der Waals surface area contributed by atoms with Crippen LogP contribution in [0.25, 0.3) is 0 Å². The predicted molar refractivity (Wildman–Crippen MR) is 88.4 cm³/mol. The molecule has 0 radical (unpaired) electrons. The molecule has 1 aromatic carbocycles. The number of ether oxygens (including phenoxy) is 2. The highest BCUT2D eigenvalue weighted by Crippen LogP contribution is 2.45. The third kappa shape index (κ3) is 4.12. The van der Waals surface area contributed by atoms with Gasteiger partial charge in [0.15, 0.2) is 0 Å². The molecule has 0 spiro atoms. The lowest BCUT2D eigenvalue weighted by atomic mass is 9.76. The van der Waals surface area contributed by atoms with E-state index in [0.717, 1.165) is 6.07 Å². The Balaban J connectivity index is 2.50. The Morgan fingerprint density at radius 1 is 1.35 bits per heavy atom. The van der Waals surface area contributed by atoms with Crippen LogP contribution < -0.4 is 5.32 Å². The summed E-state index contributed by atoms with van der Waals surface area (Å²) >= 11 is 0. The van der Waals surface area contributed by atoms with Gasteiger partial charge < -0.3 is 19.9 Å². The van der Waals surface area contributed by atoms with Crippen molar-refractivity contribution in [2.45, 2.75) is 50.9 Å². The lowest BCUT2D eigenvalue weighted by Gasteiger charge is -2.37. The largest absolute Gasteiger partial charge is 0.444 e. The van der Waals surface area contributed by atoms with Crippen LogP contribution in [0, 0.1) is 11.7 Å². The maximum atomic E-state index is 14.5. The third-order valence-corrected chi connectivity index (χ3v) is 4.26. The standard InChI is InChI=1S/C18H24F3NO4/c1-16(2,3)26-15(24)22-18(11-7-5-6-8-13(11)19)10-25-14(12(18)9-23)17(4,20)21/h5-8,12,14,23H,9-10H2,1-4H3,(H,22,24)/t12-,14+,18?/m1/s1. The Bertz CT molecular complexity index is 657. The summed E-state index contributed by atoms with van der Waals surface area (Å²) < 4.78 is 52.8. The van der Waals surface area contributed by atoms with Crippen molar-refractivity contribution in [3.8, 4) is 0 Å². The predicted octanol–water partition coefficient (Wildman–Crippen LogP) is 3.21. The van der Waals surface area contributed by atoms with Crippen molar-refractivity contribution in [2.24, 2.45) is 5.92 Å². The van der Waals surface area contributed by atoms with Crippen molar-refractivity contribution in [1.29, 1.82) is 0 Å². The number of benzene rings is 1. The topological polar surface area (TPSA) is 67.8 Å². The van der Waals surface area contributed by atoms with Crippen LogP contribution in [-0.2, 0) is 15.0 Å². The van der Waals surface area contributed by atoms with Crippen LogP contribution in [0.1, 0.15) is 33.3 Å². The van der Waals surface area contributed by atoms with Crippen LogP contribution in [0.4, 0.5) is 18.0 Å². The summed E-state index contributed by atoms with van der Waals surface area (Å²) in [4.78, 5) is 12.3. The number of nitrogens with one attached hydrogen (secondary N) is 1. The van der Waals surface area contributed by atoms with E-state index in [1.807, 2.05) is 0 Å². The summed E-state index contributed by atoms with van der Waals surface area (Å²) in [7, 11) is 0. The quantitative estimate of drug-likeness (QED) is 0.848. The van der Waals surface area contributed by atoms with Crippen molar-refractivity contribution in [1.82, 2.24) is 5.32 Å². The Kier molecular flexibility index (Phi) is 5.58. The maximum Gasteiger partial charge on any atom is 0.408 e. The Labute approximate surface area is 150 Å². The van der Waals surface area contributed by atoms with Gasteiger partial charge in [-0.05, 0) is 26.8 Å². The number of carbonyl (C=O) groups excluding carboxylic acids is 1. The number of hydrogen-bond acceptors (Lipinski definition) is 4. The van der Waals surface area contributed by atoms with E-state index in [2.05, 4.69) is 5.32 Å². The van der Waals surface area contributed by atoms with Gasteiger partial charge in [0.25, 0.3) is 5.92 Å². The van der Waals surface area contributed by atoms with Crippen LogP contribution in [0.2, 0.25) is 0 Å². The normalized spacial score (nSPS) is 26.6. The van der Waals surface area contributed by atoms with Crippen molar-refractivity contribution in [3.63, 3.8) is 0 Å². The first-order chi connectivity index (χ1) is 11.9. The summed E-state index contributed by atoms with van der Waals surface area (Å²) in [5, 5.41) is 12.3. The second kappa shape index (κ2) is 7.08. The maximum absolute atomic E-state index is 14.5. The molecule has 1 aliphatic rings. The Morgan fingerprint density at radius 2 is 1.96 bits per heavy atom. The van der Waals surface area contributed by atoms with Crippen LogP contribution >= 0.6 is 0 Å². The number of halogens is 3. The van der Waals surface area contributed by atoms with Gasteiger partial charge in [-0.2, -0.15) is 0 Å². The van der Waals surface area contributed by atoms with Crippen LogP contribution in [-0.4, -0.2) is 42.0 Å². The number of alkyl halides is 2. The molecule has 1 aromatic rings. The highest BCUT2D eigenvalue weighted by molar-refractivity contribution is 5.69. The van der Waals surface area contributed by atoms with Crippen molar-refractivity contribution < 1.29 is 32.5 Å². The minimum absolute atomic E-state index is 0.0448. The van der Waals surface area contributed by atoms with Crippen LogP contribution in [0.3, 0.4) is 0 Å². The minimum atomic E-state index is -3.30. The molecule has 2 N–H and O–H groups in total. The number of aliphatic hydroxyl groups is 1. The molecule has 1 fully saturated rings. The van der Waals surface area contributed by atoms with Crippen molar-refractivity contribution in [2.75, 3.05) is 13.2 Å². The molecule has 1 amide bonds. The van der Waals surface area contributed by atoms with E-state index in [1.54, 1.807) is 20.8 Å². The summed E-state index contributed by atoms with van der Waals surface area (Å²) in [5.74, 6) is -5.27. The van der Waals surface area contributed by atoms with Crippen molar-refractivity contribution >= 4 is 6.09 Å². The fraction of sp³-hybridized carbons (Fsp3) is 0.611. The van der Waals surface area contributed by atoms with E-state index >= 15 is 0 Å². The zero-order valence-electron chi connectivity index (χ0n) is 15.2. The van der Waals surface area contributed by atoms with Gasteiger partial charge in [0.05, 0.1) is 13.2 Å². The molecule has 0 aromatic heterocycles. The molecule has 0 bridgehead atoms. The van der Waals surface area contributed by atoms with Gasteiger partial charge in [0, 0.05) is 18.4 Å². The Morgan fingerprint density at radius 3 is 2.46 bits per heavy atom. The molecular weight excluding hydrogens is 351 g/mol. The van der Waals surface area contributed by atoms with Crippen LogP contribution in [0.15, 0.2) is 24.3 Å². The monoisotopic (exact) mass is 375 g/mol. The van der Waals surface area contributed by atoms with E-state index in [1.165, 1.54) is 18.2 Å². The second-order valence-electron chi connectivity index (χ2n) is 7.56. The number of alkyl carbamates (subject to hydrolysis) is 1. The Hall–Kier alpha value is -1.80. The van der Waals surface area contributed by atoms with E-state index < -0.39 is 54.2 Å². The fourth-order valence-electron chi connectivity index (χ4n) is 3.24. The molecule has 1 heterocycles. The minimum Gasteiger partial charge on any atom is -0.444 e. The molecular formula is C18H24F3NO4. The molecule has 3 atom stereocenters. The van der Waals surface area contributed by atoms with E-state index in [4.69, 9.17) is 9.47 Å². The molecule has 1 aliphatic heterocycles. The summed E-state index contributed by atoms with van der Waals surface area (Å²) in [6, 6.07) is 5.48. The third-order valence-electron chi connectivity index (χ3n) is 4.26. The first-order valence-corrected chi connectivity index (χ1v) is 8.27. The zero-order chi connectivity index (χ0) is 19.8. The van der Waals surface area contributed by atoms with E-state index in [9.17, 15) is 23.1 Å². The highest BCUT2D eigenvalue weighted by Gasteiger charge is 2.59. The first kappa shape index (κ1) is 20.5. The van der Waals surface area contributed by atoms with E-state index in [0.29, 0.717) is 6.92 Å². The molecule has 1 unspecified atom stereocenters. The summed E-state index contributed by atoms with van der Waals surface area (Å²) in [6.45, 7) is 4.41. The number of amides is 1. The van der Waals surface area contributed by atoms with Gasteiger partial charge in [-0.15, -0.1) is 0 Å². The molecule has 146 valence electrons. The number of rotatable bonds is 4. The molecule has 0 aliphatic carbocycles. The lowest BCUT2D eigenvalue weighted by molar-refractivity contribution is -0.121. The highest BCUT2D eigenvalue weighted by atomic mass is 19.3. The SMILES string of the molecule is CC(C)(C)OC(=O)NC1(c2ccccc2F)CO[C@H](C(C)(F)F)[C@H]1CO. The molecule has 0 saturated carbocycles. The van der Waals surface area contributed by atoms with Gasteiger partial charge in [0.2, 0.25) is 0 Å². The molecule has 1 saturated heterocycles. The molecule has 2 rings (SSSR count). The molecule has 8 heteroatoms. The lowest BCUT2D eigenvalue weighted by Crippen LogP contribution is -2.56. The first-order valence-electron chi connectivity index (χ1n) is 8.27. The van der Waals surface area contributed by atoms with Gasteiger partial charge in [0.1, 0.15) is 23.1 Å². The van der Waals surface area contributed by atoms with E-state index in [-0.39, 0.29) is 5.56 Å². The fourth-order valence-corrected chi connectivity index (χ4v) is 3.24. The number of carbonyl (C=O) groups is 1. The van der Waals surface area contributed by atoms with Gasteiger partial charge in [-0.25, -0.2) is 18.0 Å². The van der Waals surface area contributed by atoms with Gasteiger partial charge in [-0.1, -0.05) is 18.2 Å². The molecule has 5 nitrogen and oxygen atoms in total. The summed E-state index contributed by atoms with van der Waals surface area (Å²) in [5.41, 5.74) is -2.58. The van der Waals surface area contributed by atoms with Gasteiger partial charge >= 0.3 is 6.09 Å². The summed E-state index contributed by atoms with van der Waals surface area (Å²) in [6.07, 6.45) is -2.61.